The number of aliphatic carboxylic acids is 1. The van der Waals surface area contributed by atoms with Crippen LogP contribution in [0.2, 0.25) is 0 Å². The molecule has 2 rings (SSSR count). The molecule has 0 saturated carbocycles. The summed E-state index contributed by atoms with van der Waals surface area (Å²) in [4.78, 5) is 25.7. The predicted molar refractivity (Wildman–Crippen MR) is 77.5 cm³/mol. The molecule has 0 saturated heterocycles. The smallest absolute Gasteiger partial charge is 0.307 e. The second kappa shape index (κ2) is 6.37. The first kappa shape index (κ1) is 14.3. The lowest BCUT2D eigenvalue weighted by molar-refractivity contribution is -0.146. The topological polar surface area (TPSA) is 57.6 Å². The Balaban J connectivity index is 2.24. The number of benzene rings is 1. The zero-order valence-corrected chi connectivity index (χ0v) is 11.5. The maximum atomic E-state index is 12.7. The van der Waals surface area contributed by atoms with E-state index in [0.717, 1.165) is 5.69 Å². The number of hydrogen-bond acceptors (Lipinski definition) is 2. The van der Waals surface area contributed by atoms with E-state index in [2.05, 4.69) is 0 Å². The molecule has 1 amide bonds. The Labute approximate surface area is 118 Å². The maximum Gasteiger partial charge on any atom is 0.307 e. The van der Waals surface area contributed by atoms with E-state index < -0.39 is 17.8 Å². The van der Waals surface area contributed by atoms with Crippen molar-refractivity contribution in [3.05, 3.63) is 42.5 Å². The monoisotopic (exact) mass is 273 g/mol. The van der Waals surface area contributed by atoms with Crippen molar-refractivity contribution < 1.29 is 14.7 Å². The molecule has 0 aliphatic heterocycles. The Morgan fingerprint density at radius 1 is 1.15 bits per heavy atom. The SMILES string of the molecule is CCN(C(=O)[C@@H]1CC=CC[C@@H]1C(=O)O)c1ccccc1. The molecule has 106 valence electrons. The van der Waals surface area contributed by atoms with E-state index in [0.29, 0.717) is 19.4 Å². The molecular weight excluding hydrogens is 254 g/mol. The zero-order chi connectivity index (χ0) is 14.5. The van der Waals surface area contributed by atoms with Crippen LogP contribution in [0.5, 0.6) is 0 Å². The van der Waals surface area contributed by atoms with Gasteiger partial charge in [0.1, 0.15) is 0 Å². The van der Waals surface area contributed by atoms with Crippen LogP contribution in [0, 0.1) is 11.8 Å². The highest BCUT2D eigenvalue weighted by molar-refractivity contribution is 5.97. The number of allylic oxidation sites excluding steroid dienone is 2. The van der Waals surface area contributed by atoms with Crippen molar-refractivity contribution in [2.45, 2.75) is 19.8 Å². The molecule has 4 heteroatoms. The van der Waals surface area contributed by atoms with Crippen LogP contribution in [0.3, 0.4) is 0 Å². The quantitative estimate of drug-likeness (QED) is 0.858. The van der Waals surface area contributed by atoms with Crippen LogP contribution in [0.15, 0.2) is 42.5 Å². The number of para-hydroxylation sites is 1. The lowest BCUT2D eigenvalue weighted by Crippen LogP contribution is -2.41. The number of hydrogen-bond donors (Lipinski definition) is 1. The van der Waals surface area contributed by atoms with Gasteiger partial charge in [0.15, 0.2) is 0 Å². The molecule has 1 aromatic rings. The molecule has 1 aromatic carbocycles. The van der Waals surface area contributed by atoms with E-state index >= 15 is 0 Å². The number of carbonyl (C=O) groups is 2. The number of rotatable bonds is 4. The molecule has 1 aliphatic carbocycles. The van der Waals surface area contributed by atoms with Gasteiger partial charge < -0.3 is 10.0 Å². The highest BCUT2D eigenvalue weighted by atomic mass is 16.4. The van der Waals surface area contributed by atoms with Crippen molar-refractivity contribution in [3.63, 3.8) is 0 Å². The molecular formula is C16H19NO3. The molecule has 0 fully saturated rings. The van der Waals surface area contributed by atoms with Crippen LogP contribution in [0.25, 0.3) is 0 Å². The van der Waals surface area contributed by atoms with Crippen LogP contribution in [0.1, 0.15) is 19.8 Å². The van der Waals surface area contributed by atoms with Gasteiger partial charge in [-0.2, -0.15) is 0 Å². The van der Waals surface area contributed by atoms with Gasteiger partial charge in [-0.05, 0) is 31.9 Å². The largest absolute Gasteiger partial charge is 0.481 e. The third-order valence-corrected chi connectivity index (χ3v) is 3.72. The highest BCUT2D eigenvalue weighted by Crippen LogP contribution is 2.29. The molecule has 0 unspecified atom stereocenters. The Hall–Kier alpha value is -2.10. The van der Waals surface area contributed by atoms with Crippen molar-refractivity contribution in [2.24, 2.45) is 11.8 Å². The highest BCUT2D eigenvalue weighted by Gasteiger charge is 2.36. The number of carboxylic acids is 1. The average molecular weight is 273 g/mol. The van der Waals surface area contributed by atoms with E-state index in [1.807, 2.05) is 49.4 Å². The first-order chi connectivity index (χ1) is 9.65. The number of anilines is 1. The fourth-order valence-electron chi connectivity index (χ4n) is 2.63. The minimum atomic E-state index is -0.892. The summed E-state index contributed by atoms with van der Waals surface area (Å²) in [6.07, 6.45) is 4.68. The Bertz CT molecular complexity index is 510. The Kier molecular flexibility index (Phi) is 4.56. The number of amides is 1. The van der Waals surface area contributed by atoms with Gasteiger partial charge in [-0.15, -0.1) is 0 Å². The second-order valence-electron chi connectivity index (χ2n) is 4.91. The minimum Gasteiger partial charge on any atom is -0.481 e. The van der Waals surface area contributed by atoms with Crippen molar-refractivity contribution in [2.75, 3.05) is 11.4 Å². The van der Waals surface area contributed by atoms with Crippen molar-refractivity contribution in [1.82, 2.24) is 0 Å². The zero-order valence-electron chi connectivity index (χ0n) is 11.5. The van der Waals surface area contributed by atoms with Gasteiger partial charge in [0.05, 0.1) is 11.8 Å². The van der Waals surface area contributed by atoms with Crippen molar-refractivity contribution in [3.8, 4) is 0 Å². The van der Waals surface area contributed by atoms with E-state index in [1.165, 1.54) is 0 Å². The summed E-state index contributed by atoms with van der Waals surface area (Å²) in [6, 6.07) is 9.39. The molecule has 1 N–H and O–H groups in total. The molecule has 4 nitrogen and oxygen atoms in total. The standard InChI is InChI=1S/C16H19NO3/c1-2-17(12-8-4-3-5-9-12)15(18)13-10-6-7-11-14(13)16(19)20/h3-9,13-14H,2,10-11H2,1H3,(H,19,20)/t13-,14+/m1/s1. The number of carboxylic acid groups (broad SMARTS) is 1. The number of nitrogens with zero attached hydrogens (tertiary/aromatic N) is 1. The first-order valence-corrected chi connectivity index (χ1v) is 6.89. The molecule has 0 spiro atoms. The van der Waals surface area contributed by atoms with Crippen molar-refractivity contribution in [1.29, 1.82) is 0 Å². The van der Waals surface area contributed by atoms with Gasteiger partial charge >= 0.3 is 5.97 Å². The fraction of sp³-hybridized carbons (Fsp3) is 0.375. The summed E-state index contributed by atoms with van der Waals surface area (Å²) < 4.78 is 0. The van der Waals surface area contributed by atoms with E-state index in [4.69, 9.17) is 0 Å². The maximum absolute atomic E-state index is 12.7. The van der Waals surface area contributed by atoms with Crippen LogP contribution in [-0.2, 0) is 9.59 Å². The Morgan fingerprint density at radius 3 is 2.30 bits per heavy atom. The van der Waals surface area contributed by atoms with Crippen LogP contribution < -0.4 is 4.90 Å². The summed E-state index contributed by atoms with van der Waals surface area (Å²) >= 11 is 0. The van der Waals surface area contributed by atoms with Crippen LogP contribution in [0.4, 0.5) is 5.69 Å². The molecule has 0 aromatic heterocycles. The lowest BCUT2D eigenvalue weighted by Gasteiger charge is -2.30. The third-order valence-electron chi connectivity index (χ3n) is 3.72. The fourth-order valence-corrected chi connectivity index (χ4v) is 2.63. The van der Waals surface area contributed by atoms with E-state index in [-0.39, 0.29) is 5.91 Å². The molecule has 20 heavy (non-hydrogen) atoms. The van der Waals surface area contributed by atoms with Gasteiger partial charge in [-0.1, -0.05) is 30.4 Å². The third kappa shape index (κ3) is 2.90. The normalized spacial score (nSPS) is 21.4. The van der Waals surface area contributed by atoms with Gasteiger partial charge in [-0.3, -0.25) is 9.59 Å². The van der Waals surface area contributed by atoms with Gasteiger partial charge in [0, 0.05) is 12.2 Å². The van der Waals surface area contributed by atoms with Gasteiger partial charge in [-0.25, -0.2) is 0 Å². The number of carbonyl (C=O) groups excluding carboxylic acids is 1. The van der Waals surface area contributed by atoms with Gasteiger partial charge in [0.2, 0.25) is 5.91 Å². The molecule has 0 heterocycles. The first-order valence-electron chi connectivity index (χ1n) is 6.89. The summed E-state index contributed by atoms with van der Waals surface area (Å²) in [7, 11) is 0. The molecule has 2 atom stereocenters. The molecule has 1 aliphatic rings. The average Bonchev–Trinajstić information content (AvgIpc) is 2.49. The minimum absolute atomic E-state index is 0.101. The lowest BCUT2D eigenvalue weighted by atomic mass is 9.82. The van der Waals surface area contributed by atoms with Crippen molar-refractivity contribution >= 4 is 17.6 Å². The second-order valence-corrected chi connectivity index (χ2v) is 4.91. The van der Waals surface area contributed by atoms with Gasteiger partial charge in [0.25, 0.3) is 0 Å². The van der Waals surface area contributed by atoms with E-state index in [1.54, 1.807) is 4.90 Å². The summed E-state index contributed by atoms with van der Waals surface area (Å²) in [6.45, 7) is 2.44. The van der Waals surface area contributed by atoms with E-state index in [9.17, 15) is 14.7 Å². The Morgan fingerprint density at radius 2 is 1.75 bits per heavy atom. The predicted octanol–water partition coefficient (Wildman–Crippen LogP) is 2.71. The van der Waals surface area contributed by atoms with Crippen LogP contribution in [-0.4, -0.2) is 23.5 Å². The summed E-state index contributed by atoms with van der Waals surface area (Å²) in [5.41, 5.74) is 0.818. The summed E-state index contributed by atoms with van der Waals surface area (Å²) in [5, 5.41) is 9.28. The molecule has 0 radical (unpaired) electrons. The molecule has 0 bridgehead atoms. The van der Waals surface area contributed by atoms with Crippen LogP contribution >= 0.6 is 0 Å². The summed E-state index contributed by atoms with van der Waals surface area (Å²) in [5.74, 6) is -2.09.